The molecule has 3 heteroatoms. The molecule has 1 atom stereocenters. The third-order valence-electron chi connectivity index (χ3n) is 3.10. The summed E-state index contributed by atoms with van der Waals surface area (Å²) in [5.74, 6) is 0. The summed E-state index contributed by atoms with van der Waals surface area (Å²) in [6, 6.07) is 14.3. The first kappa shape index (κ1) is 11.0. The lowest BCUT2D eigenvalue weighted by Gasteiger charge is -2.05. The number of nitrogens with two attached hydrogens (primary N) is 1. The highest BCUT2D eigenvalue weighted by Crippen LogP contribution is 2.21. The molecule has 0 aliphatic rings. The molecule has 0 fully saturated rings. The Balaban J connectivity index is 2.03. The van der Waals surface area contributed by atoms with Crippen LogP contribution < -0.4 is 5.73 Å². The SMILES string of the molecule is CC(N)c1ccc(-c2cn3ccccc3n2)cc1. The smallest absolute Gasteiger partial charge is 0.137 e. The van der Waals surface area contributed by atoms with E-state index < -0.39 is 0 Å². The van der Waals surface area contributed by atoms with Crippen molar-refractivity contribution in [3.63, 3.8) is 0 Å². The third kappa shape index (κ3) is 1.89. The Kier molecular flexibility index (Phi) is 2.61. The van der Waals surface area contributed by atoms with Gasteiger partial charge < -0.3 is 10.1 Å². The molecule has 90 valence electrons. The summed E-state index contributed by atoms with van der Waals surface area (Å²) in [4.78, 5) is 4.59. The van der Waals surface area contributed by atoms with Crippen molar-refractivity contribution < 1.29 is 0 Å². The lowest BCUT2D eigenvalue weighted by atomic mass is 10.1. The van der Waals surface area contributed by atoms with Crippen LogP contribution in [0.15, 0.2) is 54.9 Å². The van der Waals surface area contributed by atoms with E-state index in [1.54, 1.807) is 0 Å². The molecule has 2 N–H and O–H groups in total. The van der Waals surface area contributed by atoms with Gasteiger partial charge in [0.25, 0.3) is 0 Å². The van der Waals surface area contributed by atoms with E-state index >= 15 is 0 Å². The maximum atomic E-state index is 5.84. The van der Waals surface area contributed by atoms with Gasteiger partial charge in [-0.05, 0) is 24.6 Å². The monoisotopic (exact) mass is 237 g/mol. The van der Waals surface area contributed by atoms with Crippen molar-refractivity contribution in [3.05, 3.63) is 60.4 Å². The van der Waals surface area contributed by atoms with Crippen LogP contribution >= 0.6 is 0 Å². The third-order valence-corrected chi connectivity index (χ3v) is 3.10. The van der Waals surface area contributed by atoms with Gasteiger partial charge in [0.05, 0.1) is 5.69 Å². The molecule has 18 heavy (non-hydrogen) atoms. The van der Waals surface area contributed by atoms with Crippen molar-refractivity contribution in [3.8, 4) is 11.3 Å². The number of hydrogen-bond acceptors (Lipinski definition) is 2. The zero-order valence-corrected chi connectivity index (χ0v) is 10.2. The fourth-order valence-corrected chi connectivity index (χ4v) is 2.03. The molecule has 0 amide bonds. The summed E-state index contributed by atoms with van der Waals surface area (Å²) in [6.07, 6.45) is 4.04. The van der Waals surface area contributed by atoms with Crippen LogP contribution in [0.5, 0.6) is 0 Å². The van der Waals surface area contributed by atoms with E-state index in [4.69, 9.17) is 5.73 Å². The minimum Gasteiger partial charge on any atom is -0.324 e. The minimum atomic E-state index is 0.0696. The Hall–Kier alpha value is -2.13. The predicted molar refractivity (Wildman–Crippen MR) is 73.2 cm³/mol. The first-order chi connectivity index (χ1) is 8.74. The van der Waals surface area contributed by atoms with Crippen molar-refractivity contribution in [2.45, 2.75) is 13.0 Å². The predicted octanol–water partition coefficient (Wildman–Crippen LogP) is 3.02. The van der Waals surface area contributed by atoms with Gasteiger partial charge in [-0.15, -0.1) is 0 Å². The summed E-state index contributed by atoms with van der Waals surface area (Å²) in [5.41, 5.74) is 10.0. The van der Waals surface area contributed by atoms with Gasteiger partial charge in [0, 0.05) is 24.0 Å². The van der Waals surface area contributed by atoms with E-state index in [0.717, 1.165) is 22.5 Å². The van der Waals surface area contributed by atoms with Gasteiger partial charge in [0.2, 0.25) is 0 Å². The first-order valence-electron chi connectivity index (χ1n) is 6.04. The number of pyridine rings is 1. The zero-order valence-electron chi connectivity index (χ0n) is 10.2. The highest BCUT2D eigenvalue weighted by atomic mass is 15.0. The fourth-order valence-electron chi connectivity index (χ4n) is 2.03. The molecule has 0 aliphatic carbocycles. The van der Waals surface area contributed by atoms with Crippen LogP contribution in [0.1, 0.15) is 18.5 Å². The Morgan fingerprint density at radius 1 is 1.11 bits per heavy atom. The molecule has 0 saturated heterocycles. The number of rotatable bonds is 2. The second-order valence-corrected chi connectivity index (χ2v) is 4.50. The molecule has 3 aromatic rings. The topological polar surface area (TPSA) is 43.3 Å². The van der Waals surface area contributed by atoms with Gasteiger partial charge in [-0.3, -0.25) is 0 Å². The minimum absolute atomic E-state index is 0.0696. The Labute approximate surface area is 106 Å². The number of nitrogens with zero attached hydrogens (tertiary/aromatic N) is 2. The Morgan fingerprint density at radius 3 is 2.56 bits per heavy atom. The van der Waals surface area contributed by atoms with Gasteiger partial charge in [-0.25, -0.2) is 4.98 Å². The van der Waals surface area contributed by atoms with Crippen molar-refractivity contribution in [1.82, 2.24) is 9.38 Å². The molecule has 1 unspecified atom stereocenters. The molecule has 1 aromatic carbocycles. The molecule has 0 spiro atoms. The van der Waals surface area contributed by atoms with Crippen LogP contribution in [-0.2, 0) is 0 Å². The summed E-state index contributed by atoms with van der Waals surface area (Å²) >= 11 is 0. The molecular formula is C15H15N3. The van der Waals surface area contributed by atoms with Crippen LogP contribution in [0.3, 0.4) is 0 Å². The summed E-state index contributed by atoms with van der Waals surface area (Å²) in [5, 5.41) is 0. The fraction of sp³-hybridized carbons (Fsp3) is 0.133. The normalized spacial score (nSPS) is 12.8. The van der Waals surface area contributed by atoms with E-state index in [9.17, 15) is 0 Å². The van der Waals surface area contributed by atoms with E-state index in [1.807, 2.05) is 41.9 Å². The van der Waals surface area contributed by atoms with Gasteiger partial charge >= 0.3 is 0 Å². The second kappa shape index (κ2) is 4.27. The molecule has 2 heterocycles. The van der Waals surface area contributed by atoms with E-state index in [-0.39, 0.29) is 6.04 Å². The molecule has 3 rings (SSSR count). The Bertz CT molecular complexity index is 633. The van der Waals surface area contributed by atoms with Gasteiger partial charge in [0.15, 0.2) is 0 Å². The van der Waals surface area contributed by atoms with Crippen molar-refractivity contribution in [2.75, 3.05) is 0 Å². The molecule has 2 aromatic heterocycles. The van der Waals surface area contributed by atoms with Crippen molar-refractivity contribution in [2.24, 2.45) is 5.73 Å². The average Bonchev–Trinajstić information content (AvgIpc) is 2.82. The maximum Gasteiger partial charge on any atom is 0.137 e. The molecular weight excluding hydrogens is 222 g/mol. The van der Waals surface area contributed by atoms with Gasteiger partial charge in [0.1, 0.15) is 5.65 Å². The van der Waals surface area contributed by atoms with Crippen molar-refractivity contribution in [1.29, 1.82) is 0 Å². The van der Waals surface area contributed by atoms with Crippen LogP contribution in [0.2, 0.25) is 0 Å². The highest BCUT2D eigenvalue weighted by molar-refractivity contribution is 5.62. The lowest BCUT2D eigenvalue weighted by Crippen LogP contribution is -2.04. The molecule has 3 nitrogen and oxygen atoms in total. The number of benzene rings is 1. The number of fused-ring (bicyclic) bond motifs is 1. The van der Waals surface area contributed by atoms with Gasteiger partial charge in [-0.1, -0.05) is 30.3 Å². The van der Waals surface area contributed by atoms with E-state index in [1.165, 1.54) is 0 Å². The van der Waals surface area contributed by atoms with Crippen LogP contribution in [-0.4, -0.2) is 9.38 Å². The largest absolute Gasteiger partial charge is 0.324 e. The standard InChI is InChI=1S/C15H15N3/c1-11(16)12-5-7-13(8-6-12)14-10-18-9-3-2-4-15(18)17-14/h2-11H,16H2,1H3. The molecule has 0 aliphatic heterocycles. The highest BCUT2D eigenvalue weighted by Gasteiger charge is 2.04. The second-order valence-electron chi connectivity index (χ2n) is 4.50. The molecule has 0 radical (unpaired) electrons. The zero-order chi connectivity index (χ0) is 12.5. The lowest BCUT2D eigenvalue weighted by molar-refractivity contribution is 0.818. The Morgan fingerprint density at radius 2 is 1.89 bits per heavy atom. The van der Waals surface area contributed by atoms with Crippen LogP contribution in [0.25, 0.3) is 16.9 Å². The number of imidazole rings is 1. The molecule has 0 saturated carbocycles. The van der Waals surface area contributed by atoms with Crippen LogP contribution in [0.4, 0.5) is 0 Å². The maximum absolute atomic E-state index is 5.84. The summed E-state index contributed by atoms with van der Waals surface area (Å²) < 4.78 is 2.02. The van der Waals surface area contributed by atoms with E-state index in [0.29, 0.717) is 0 Å². The van der Waals surface area contributed by atoms with Gasteiger partial charge in [-0.2, -0.15) is 0 Å². The number of hydrogen-bond donors (Lipinski definition) is 1. The molecule has 0 bridgehead atoms. The summed E-state index contributed by atoms with van der Waals surface area (Å²) in [7, 11) is 0. The summed E-state index contributed by atoms with van der Waals surface area (Å²) in [6.45, 7) is 1.99. The number of aromatic nitrogens is 2. The quantitative estimate of drug-likeness (QED) is 0.744. The van der Waals surface area contributed by atoms with E-state index in [2.05, 4.69) is 29.2 Å². The first-order valence-corrected chi connectivity index (χ1v) is 6.04. The average molecular weight is 237 g/mol. The van der Waals surface area contributed by atoms with Crippen LogP contribution in [0, 0.1) is 0 Å². The van der Waals surface area contributed by atoms with Crippen molar-refractivity contribution >= 4 is 5.65 Å².